The molecule has 0 saturated carbocycles. The molecule has 0 aromatic heterocycles. The molecule has 0 bridgehead atoms. The Morgan fingerprint density at radius 2 is 1.03 bits per heavy atom. The molecule has 1 aliphatic rings. The molecule has 19 heteroatoms. The fraction of sp³-hybridized carbons (Fsp3) is 0.585. The first kappa shape index (κ1) is 51.5. The van der Waals surface area contributed by atoms with Gasteiger partial charge in [-0.05, 0) is 87.1 Å². The maximum Gasteiger partial charge on any atom is 0.320 e. The molecule has 60 heavy (non-hydrogen) atoms. The van der Waals surface area contributed by atoms with Gasteiger partial charge in [0, 0.05) is 75.8 Å². The molecule has 1 atom stereocenters. The zero-order valence-electron chi connectivity index (χ0n) is 35.3. The Hall–Kier alpha value is -4.65. The van der Waals surface area contributed by atoms with Crippen molar-refractivity contribution >= 4 is 41.2 Å². The molecule has 0 spiro atoms. The van der Waals surface area contributed by atoms with Gasteiger partial charge in [-0.15, -0.1) is 10.2 Å². The second-order valence-electron chi connectivity index (χ2n) is 14.9. The summed E-state index contributed by atoms with van der Waals surface area (Å²) in [5.41, 5.74) is 5.17. The molecule has 1 fully saturated rings. The largest absolute Gasteiger partial charge is 0.494 e. The molecule has 2 aromatic rings. The predicted molar refractivity (Wildman–Crippen MR) is 219 cm³/mol. The van der Waals surface area contributed by atoms with E-state index in [0.29, 0.717) is 12.4 Å². The molecule has 1 unspecified atom stereocenters. The Labute approximate surface area is 362 Å². The Balaban J connectivity index is 0.0000124. The van der Waals surface area contributed by atoms with Gasteiger partial charge in [0.1, 0.15) is 24.1 Å². The molecule has 18 nitrogen and oxygen atoms in total. The Bertz CT molecular complexity index is 1700. The SMILES string of the molecule is CCCCOc1cc(C)c(N=Nc2c(C)cc(OCCNC(=O)CCC(C(=O)O)N3CCN(CC(=O)O)CCN(CC(=O)O)CCN(CC(=O)O)CC3)cc2C)c(C)c1.[Mn]. The maximum atomic E-state index is 12.9. The van der Waals surface area contributed by atoms with Gasteiger partial charge in [0.2, 0.25) is 5.91 Å². The number of carbonyl (C=O) groups excluding carboxylic acids is 1. The summed E-state index contributed by atoms with van der Waals surface area (Å²) in [7, 11) is 0. The van der Waals surface area contributed by atoms with E-state index in [1.807, 2.05) is 52.0 Å². The van der Waals surface area contributed by atoms with Crippen molar-refractivity contribution in [1.82, 2.24) is 24.9 Å². The maximum absolute atomic E-state index is 12.9. The fourth-order valence-corrected chi connectivity index (χ4v) is 6.84. The molecule has 1 saturated heterocycles. The van der Waals surface area contributed by atoms with Crippen LogP contribution in [0.25, 0.3) is 0 Å². The van der Waals surface area contributed by atoms with E-state index in [9.17, 15) is 44.4 Å². The summed E-state index contributed by atoms with van der Waals surface area (Å²) in [6.07, 6.45) is 1.89. The molecule has 3 rings (SSSR count). The number of carbonyl (C=O) groups is 5. The monoisotopic (exact) mass is 882 g/mol. The van der Waals surface area contributed by atoms with Gasteiger partial charge >= 0.3 is 23.9 Å². The minimum atomic E-state index is -1.17. The first-order valence-electron chi connectivity index (χ1n) is 20.0. The number of carboxylic acid groups (broad SMARTS) is 4. The number of azo groups is 1. The molecular weight excluding hydrogens is 821 g/mol. The van der Waals surface area contributed by atoms with Crippen LogP contribution in [0.5, 0.6) is 11.5 Å². The molecule has 1 amide bonds. The second-order valence-corrected chi connectivity index (χ2v) is 14.9. The Morgan fingerprint density at radius 1 is 0.650 bits per heavy atom. The normalized spacial score (nSPS) is 15.6. The zero-order valence-corrected chi connectivity index (χ0v) is 36.5. The molecule has 1 radical (unpaired) electrons. The van der Waals surface area contributed by atoms with Gasteiger partial charge in [0.05, 0.1) is 44.2 Å². The van der Waals surface area contributed by atoms with Crippen molar-refractivity contribution in [2.24, 2.45) is 10.2 Å². The summed E-state index contributed by atoms with van der Waals surface area (Å²) < 4.78 is 11.8. The van der Waals surface area contributed by atoms with Gasteiger partial charge in [-0.2, -0.15) is 0 Å². The van der Waals surface area contributed by atoms with Crippen LogP contribution in [-0.2, 0) is 41.0 Å². The van der Waals surface area contributed by atoms with Crippen LogP contribution >= 0.6 is 0 Å². The second kappa shape index (κ2) is 26.5. The van der Waals surface area contributed by atoms with E-state index in [1.54, 1.807) is 19.6 Å². The van der Waals surface area contributed by atoms with Crippen molar-refractivity contribution in [3.63, 3.8) is 0 Å². The van der Waals surface area contributed by atoms with E-state index in [-0.39, 0.29) is 121 Å². The van der Waals surface area contributed by atoms with E-state index in [4.69, 9.17) is 9.47 Å². The molecular formula is C41H61MnN7O11. The number of nitrogens with zero attached hydrogens (tertiary/aromatic N) is 6. The zero-order chi connectivity index (χ0) is 43.5. The number of benzene rings is 2. The molecule has 1 aliphatic heterocycles. The van der Waals surface area contributed by atoms with Crippen molar-refractivity contribution in [3.8, 4) is 11.5 Å². The number of amides is 1. The third-order valence-corrected chi connectivity index (χ3v) is 9.96. The summed E-state index contributed by atoms with van der Waals surface area (Å²) in [5.74, 6) is -3.36. The molecule has 2 aromatic carbocycles. The van der Waals surface area contributed by atoms with Crippen LogP contribution in [-0.4, -0.2) is 168 Å². The van der Waals surface area contributed by atoms with Crippen molar-refractivity contribution in [2.75, 3.05) is 91.8 Å². The number of carboxylic acids is 4. The van der Waals surface area contributed by atoms with Crippen molar-refractivity contribution in [1.29, 1.82) is 0 Å². The van der Waals surface area contributed by atoms with Crippen LogP contribution in [0, 0.1) is 27.7 Å². The summed E-state index contributed by atoms with van der Waals surface area (Å²) in [6.45, 7) is 11.4. The summed E-state index contributed by atoms with van der Waals surface area (Å²) >= 11 is 0. The number of aliphatic carboxylic acids is 4. The minimum Gasteiger partial charge on any atom is -0.494 e. The molecule has 1 heterocycles. The average molecular weight is 883 g/mol. The van der Waals surface area contributed by atoms with Gasteiger partial charge in [0.15, 0.2) is 0 Å². The number of ether oxygens (including phenoxy) is 2. The first-order chi connectivity index (χ1) is 28.1. The topological polar surface area (TPSA) is 234 Å². The third-order valence-electron chi connectivity index (χ3n) is 9.96. The van der Waals surface area contributed by atoms with Crippen LogP contribution in [0.4, 0.5) is 11.4 Å². The van der Waals surface area contributed by atoms with Crippen molar-refractivity contribution in [2.45, 2.75) is 66.3 Å². The van der Waals surface area contributed by atoms with E-state index in [1.165, 1.54) is 0 Å². The van der Waals surface area contributed by atoms with Crippen LogP contribution in [0.15, 0.2) is 34.5 Å². The van der Waals surface area contributed by atoms with Gasteiger partial charge in [0.25, 0.3) is 0 Å². The quantitative estimate of drug-likeness (QED) is 0.0683. The van der Waals surface area contributed by atoms with Crippen molar-refractivity contribution < 1.29 is 70.9 Å². The van der Waals surface area contributed by atoms with Gasteiger partial charge < -0.3 is 35.2 Å². The molecule has 5 N–H and O–H groups in total. The molecule has 0 aliphatic carbocycles. The number of hydrogen-bond donors (Lipinski definition) is 5. The van der Waals surface area contributed by atoms with E-state index in [0.717, 1.165) is 52.2 Å². The Morgan fingerprint density at radius 3 is 1.40 bits per heavy atom. The van der Waals surface area contributed by atoms with Crippen molar-refractivity contribution in [3.05, 3.63) is 46.5 Å². The van der Waals surface area contributed by atoms with E-state index in [2.05, 4.69) is 22.5 Å². The van der Waals surface area contributed by atoms with Crippen LogP contribution < -0.4 is 14.8 Å². The third kappa shape index (κ3) is 18.3. The first-order valence-corrected chi connectivity index (χ1v) is 20.0. The number of nitrogens with one attached hydrogen (secondary N) is 1. The summed E-state index contributed by atoms with van der Waals surface area (Å²) in [5, 5.41) is 50.5. The van der Waals surface area contributed by atoms with E-state index < -0.39 is 29.9 Å². The van der Waals surface area contributed by atoms with Crippen LogP contribution in [0.2, 0.25) is 0 Å². The minimum absolute atomic E-state index is 0. The van der Waals surface area contributed by atoms with Gasteiger partial charge in [-0.1, -0.05) is 13.3 Å². The number of hydrogen-bond acceptors (Lipinski definition) is 13. The predicted octanol–water partition coefficient (Wildman–Crippen LogP) is 3.72. The van der Waals surface area contributed by atoms with Crippen LogP contribution in [0.3, 0.4) is 0 Å². The smallest absolute Gasteiger partial charge is 0.320 e. The Kier molecular flexibility index (Phi) is 22.8. The van der Waals surface area contributed by atoms with Crippen LogP contribution in [0.1, 0.15) is 54.9 Å². The van der Waals surface area contributed by atoms with Gasteiger partial charge in [-0.3, -0.25) is 43.6 Å². The number of unbranched alkanes of at least 4 members (excludes halogenated alkanes) is 1. The van der Waals surface area contributed by atoms with E-state index >= 15 is 0 Å². The average Bonchev–Trinajstić information content (AvgIpc) is 3.14. The summed E-state index contributed by atoms with van der Waals surface area (Å²) in [4.78, 5) is 66.6. The molecule has 333 valence electrons. The fourth-order valence-electron chi connectivity index (χ4n) is 6.84. The standard InChI is InChI=1S/C41H61N7O11.Mn/c1-6-7-19-58-32-21-28(2)39(29(3)22-32)43-44-40-30(4)23-33(24-31(40)5)59-20-10-42-35(49)9-8-34(41(56)57)48-17-15-46(26-37(52)53)13-11-45(25-36(50)51)12-14-47(16-18-48)27-38(54)55;/h21-24,34H,6-20,25-27H2,1-5H3,(H,42,49)(H,50,51)(H,52,53)(H,54,55)(H,56,57);. The number of rotatable bonds is 21. The number of aryl methyl sites for hydroxylation is 4. The van der Waals surface area contributed by atoms with Gasteiger partial charge in [-0.25, -0.2) is 0 Å². The summed E-state index contributed by atoms with van der Waals surface area (Å²) in [6, 6.07) is 6.53.